The molecule has 0 spiro atoms. The number of rotatable bonds is 9. The van der Waals surface area contributed by atoms with E-state index in [1.54, 1.807) is 6.20 Å². The third kappa shape index (κ3) is 6.19. The lowest BCUT2D eigenvalue weighted by Gasteiger charge is -2.04. The Labute approximate surface area is 95.5 Å². The maximum atomic E-state index is 10.2. The lowest BCUT2D eigenvalue weighted by Crippen LogP contribution is -2.21. The van der Waals surface area contributed by atoms with Gasteiger partial charge in [0.15, 0.2) is 0 Å². The van der Waals surface area contributed by atoms with Gasteiger partial charge in [0, 0.05) is 25.4 Å². The lowest BCUT2D eigenvalue weighted by molar-refractivity contribution is -0.137. The summed E-state index contributed by atoms with van der Waals surface area (Å²) in [5.41, 5.74) is 0. The molecular weight excluding hydrogens is 206 g/mol. The molecule has 0 saturated carbocycles. The van der Waals surface area contributed by atoms with Gasteiger partial charge in [-0.1, -0.05) is 6.42 Å². The van der Waals surface area contributed by atoms with Gasteiger partial charge in [0.1, 0.15) is 0 Å². The van der Waals surface area contributed by atoms with E-state index in [-0.39, 0.29) is 6.42 Å². The number of nitrogens with zero attached hydrogens (tertiary/aromatic N) is 2. The second kappa shape index (κ2) is 7.87. The highest BCUT2D eigenvalue weighted by atomic mass is 16.4. The average molecular weight is 225 g/mol. The molecule has 0 amide bonds. The molecule has 90 valence electrons. The Hall–Kier alpha value is -1.36. The number of carboxylic acids is 1. The molecule has 5 heteroatoms. The molecule has 0 atom stereocenters. The number of hydrogen-bond acceptors (Lipinski definition) is 3. The molecule has 0 aliphatic rings. The fourth-order valence-corrected chi connectivity index (χ4v) is 1.45. The molecule has 0 unspecified atom stereocenters. The second-order valence-corrected chi connectivity index (χ2v) is 3.72. The highest BCUT2D eigenvalue weighted by molar-refractivity contribution is 5.66. The number of aliphatic carboxylic acids is 1. The van der Waals surface area contributed by atoms with Crippen molar-refractivity contribution >= 4 is 5.97 Å². The van der Waals surface area contributed by atoms with Crippen LogP contribution in [0.25, 0.3) is 0 Å². The van der Waals surface area contributed by atoms with E-state index in [2.05, 4.69) is 10.4 Å². The molecule has 1 aromatic rings. The van der Waals surface area contributed by atoms with Gasteiger partial charge in [-0.3, -0.25) is 9.48 Å². The number of aromatic nitrogens is 2. The van der Waals surface area contributed by atoms with Gasteiger partial charge in [0.25, 0.3) is 0 Å². The minimum absolute atomic E-state index is 0.285. The van der Waals surface area contributed by atoms with Crippen molar-refractivity contribution in [1.82, 2.24) is 15.1 Å². The first-order valence-corrected chi connectivity index (χ1v) is 5.69. The third-order valence-corrected chi connectivity index (χ3v) is 2.32. The predicted molar refractivity (Wildman–Crippen MR) is 61.2 cm³/mol. The SMILES string of the molecule is O=C(O)CCCCCNCCn1cccn1. The van der Waals surface area contributed by atoms with E-state index >= 15 is 0 Å². The van der Waals surface area contributed by atoms with Crippen LogP contribution in [0, 0.1) is 0 Å². The maximum Gasteiger partial charge on any atom is 0.303 e. The molecule has 0 bridgehead atoms. The van der Waals surface area contributed by atoms with Crippen LogP contribution in [0.1, 0.15) is 25.7 Å². The van der Waals surface area contributed by atoms with Crippen molar-refractivity contribution in [2.24, 2.45) is 0 Å². The summed E-state index contributed by atoms with van der Waals surface area (Å²) in [6, 6.07) is 1.91. The zero-order valence-electron chi connectivity index (χ0n) is 9.43. The highest BCUT2D eigenvalue weighted by Crippen LogP contribution is 1.98. The second-order valence-electron chi connectivity index (χ2n) is 3.72. The topological polar surface area (TPSA) is 67.2 Å². The predicted octanol–water partition coefficient (Wildman–Crippen LogP) is 1.12. The molecule has 16 heavy (non-hydrogen) atoms. The Morgan fingerprint density at radius 2 is 2.19 bits per heavy atom. The maximum absolute atomic E-state index is 10.2. The third-order valence-electron chi connectivity index (χ3n) is 2.32. The summed E-state index contributed by atoms with van der Waals surface area (Å²) in [5, 5.41) is 15.8. The number of nitrogens with one attached hydrogen (secondary N) is 1. The molecule has 0 saturated heterocycles. The van der Waals surface area contributed by atoms with E-state index in [1.165, 1.54) is 0 Å². The summed E-state index contributed by atoms with van der Waals surface area (Å²) in [6.07, 6.45) is 6.78. The lowest BCUT2D eigenvalue weighted by atomic mass is 10.2. The largest absolute Gasteiger partial charge is 0.481 e. The first-order chi connectivity index (χ1) is 7.79. The van der Waals surface area contributed by atoms with Crippen LogP contribution < -0.4 is 5.32 Å². The average Bonchev–Trinajstić information content (AvgIpc) is 2.74. The minimum Gasteiger partial charge on any atom is -0.481 e. The zero-order chi connectivity index (χ0) is 11.6. The van der Waals surface area contributed by atoms with Gasteiger partial charge in [0.2, 0.25) is 0 Å². The zero-order valence-corrected chi connectivity index (χ0v) is 9.43. The van der Waals surface area contributed by atoms with Crippen molar-refractivity contribution in [2.75, 3.05) is 13.1 Å². The minimum atomic E-state index is -0.702. The number of carbonyl (C=O) groups is 1. The molecule has 2 N–H and O–H groups in total. The molecule has 0 aliphatic carbocycles. The van der Waals surface area contributed by atoms with Crippen LogP contribution in [0.4, 0.5) is 0 Å². The standard InChI is InChI=1S/C11H19N3O2/c15-11(16)5-2-1-3-6-12-8-10-14-9-4-7-13-14/h4,7,9,12H,1-3,5-6,8,10H2,(H,15,16). The van der Waals surface area contributed by atoms with Crippen molar-refractivity contribution in [3.05, 3.63) is 18.5 Å². The van der Waals surface area contributed by atoms with E-state index in [0.29, 0.717) is 0 Å². The highest BCUT2D eigenvalue weighted by Gasteiger charge is 1.96. The molecule has 5 nitrogen and oxygen atoms in total. The van der Waals surface area contributed by atoms with Crippen LogP contribution in [-0.4, -0.2) is 33.9 Å². The number of hydrogen-bond donors (Lipinski definition) is 2. The van der Waals surface area contributed by atoms with E-state index in [1.807, 2.05) is 16.9 Å². The van der Waals surface area contributed by atoms with Gasteiger partial charge >= 0.3 is 5.97 Å². The van der Waals surface area contributed by atoms with Crippen molar-refractivity contribution in [3.8, 4) is 0 Å². The molecule has 0 radical (unpaired) electrons. The molecule has 1 heterocycles. The van der Waals surface area contributed by atoms with Crippen LogP contribution in [0.5, 0.6) is 0 Å². The van der Waals surface area contributed by atoms with Crippen molar-refractivity contribution < 1.29 is 9.90 Å². The first-order valence-electron chi connectivity index (χ1n) is 5.69. The Balaban J connectivity index is 1.83. The van der Waals surface area contributed by atoms with Crippen LogP contribution in [0.15, 0.2) is 18.5 Å². The quantitative estimate of drug-likeness (QED) is 0.618. The van der Waals surface area contributed by atoms with Crippen LogP contribution in [-0.2, 0) is 11.3 Å². The Kier molecular flexibility index (Phi) is 6.25. The number of unbranched alkanes of at least 4 members (excludes halogenated alkanes) is 2. The van der Waals surface area contributed by atoms with Crippen LogP contribution in [0.3, 0.4) is 0 Å². The van der Waals surface area contributed by atoms with E-state index < -0.39 is 5.97 Å². The van der Waals surface area contributed by atoms with E-state index in [0.717, 1.165) is 38.9 Å². The summed E-state index contributed by atoms with van der Waals surface area (Å²) in [6.45, 7) is 2.73. The van der Waals surface area contributed by atoms with Crippen molar-refractivity contribution in [2.45, 2.75) is 32.2 Å². The normalized spacial score (nSPS) is 10.5. The Bertz CT molecular complexity index is 285. The summed E-state index contributed by atoms with van der Waals surface area (Å²) < 4.78 is 1.89. The van der Waals surface area contributed by atoms with E-state index in [9.17, 15) is 4.79 Å². The smallest absolute Gasteiger partial charge is 0.303 e. The number of carboxylic acid groups (broad SMARTS) is 1. The van der Waals surface area contributed by atoms with Gasteiger partial charge in [-0.25, -0.2) is 0 Å². The summed E-state index contributed by atoms with van der Waals surface area (Å²) in [4.78, 5) is 10.2. The van der Waals surface area contributed by atoms with Gasteiger partial charge < -0.3 is 10.4 Å². The summed E-state index contributed by atoms with van der Waals surface area (Å²) >= 11 is 0. The van der Waals surface area contributed by atoms with Crippen molar-refractivity contribution in [3.63, 3.8) is 0 Å². The van der Waals surface area contributed by atoms with Gasteiger partial charge in [-0.2, -0.15) is 5.10 Å². The van der Waals surface area contributed by atoms with Gasteiger partial charge in [0.05, 0.1) is 6.54 Å². The van der Waals surface area contributed by atoms with Crippen LogP contribution >= 0.6 is 0 Å². The molecular formula is C11H19N3O2. The first kappa shape index (κ1) is 12.7. The summed E-state index contributed by atoms with van der Waals surface area (Å²) in [5.74, 6) is -0.702. The fourth-order valence-electron chi connectivity index (χ4n) is 1.45. The van der Waals surface area contributed by atoms with Gasteiger partial charge in [-0.15, -0.1) is 0 Å². The monoisotopic (exact) mass is 225 g/mol. The molecule has 0 aliphatic heterocycles. The Morgan fingerprint density at radius 1 is 1.31 bits per heavy atom. The van der Waals surface area contributed by atoms with E-state index in [4.69, 9.17) is 5.11 Å². The molecule has 0 aromatic carbocycles. The molecule has 0 fully saturated rings. The molecule has 1 rings (SSSR count). The fraction of sp³-hybridized carbons (Fsp3) is 0.636. The molecule has 1 aromatic heterocycles. The summed E-state index contributed by atoms with van der Waals surface area (Å²) in [7, 11) is 0. The van der Waals surface area contributed by atoms with Gasteiger partial charge in [-0.05, 0) is 25.5 Å². The Morgan fingerprint density at radius 3 is 2.88 bits per heavy atom. The van der Waals surface area contributed by atoms with Crippen molar-refractivity contribution in [1.29, 1.82) is 0 Å². The van der Waals surface area contributed by atoms with Crippen LogP contribution in [0.2, 0.25) is 0 Å².